The lowest BCUT2D eigenvalue weighted by atomic mass is 10.1. The van der Waals surface area contributed by atoms with E-state index >= 15 is 0 Å². The molecular weight excluding hydrogens is 236 g/mol. The number of nitro groups is 1. The van der Waals surface area contributed by atoms with Crippen LogP contribution in [0.15, 0.2) is 18.2 Å². The van der Waals surface area contributed by atoms with Gasteiger partial charge in [0.2, 0.25) is 0 Å². The topological polar surface area (TPSA) is 72.7 Å². The molecule has 0 bridgehead atoms. The minimum atomic E-state index is -0.456. The Bertz CT molecular complexity index is 475. The normalized spacial score (nSPS) is 19.6. The fraction of sp³-hybridized carbons (Fsp3) is 0.417. The van der Waals surface area contributed by atoms with Crippen LogP contribution < -0.4 is 4.90 Å². The standard InChI is InChI=1S/C12H14N2O4/c1-9-7-13(4-5-18-9)11-3-2-10(8-15)6-12(11)14(16)17/h2-3,6,8-9H,4-5,7H2,1H3. The summed E-state index contributed by atoms with van der Waals surface area (Å²) in [5.74, 6) is 0. The Morgan fingerprint density at radius 1 is 1.56 bits per heavy atom. The predicted octanol–water partition coefficient (Wildman–Crippen LogP) is 1.63. The van der Waals surface area contributed by atoms with Crippen LogP contribution in [0.2, 0.25) is 0 Å². The van der Waals surface area contributed by atoms with E-state index in [1.54, 1.807) is 12.1 Å². The van der Waals surface area contributed by atoms with Crippen molar-refractivity contribution in [1.29, 1.82) is 0 Å². The Hall–Kier alpha value is -1.95. The second kappa shape index (κ2) is 5.14. The molecule has 0 aromatic heterocycles. The zero-order chi connectivity index (χ0) is 13.1. The summed E-state index contributed by atoms with van der Waals surface area (Å²) in [7, 11) is 0. The van der Waals surface area contributed by atoms with E-state index in [2.05, 4.69) is 0 Å². The van der Waals surface area contributed by atoms with Gasteiger partial charge in [-0.25, -0.2) is 0 Å². The highest BCUT2D eigenvalue weighted by molar-refractivity contribution is 5.79. The molecule has 0 spiro atoms. The van der Waals surface area contributed by atoms with Gasteiger partial charge in [-0.2, -0.15) is 0 Å². The van der Waals surface area contributed by atoms with Gasteiger partial charge in [0.05, 0.1) is 17.6 Å². The van der Waals surface area contributed by atoms with Gasteiger partial charge >= 0.3 is 0 Å². The van der Waals surface area contributed by atoms with Gasteiger partial charge in [0.25, 0.3) is 5.69 Å². The molecule has 1 saturated heterocycles. The number of nitrogens with zero attached hydrogens (tertiary/aromatic N) is 2. The van der Waals surface area contributed by atoms with E-state index in [0.717, 1.165) is 0 Å². The highest BCUT2D eigenvalue weighted by Crippen LogP contribution is 2.30. The highest BCUT2D eigenvalue weighted by atomic mass is 16.6. The molecule has 2 rings (SSSR count). The van der Waals surface area contributed by atoms with Gasteiger partial charge in [-0.15, -0.1) is 0 Å². The van der Waals surface area contributed by atoms with Gasteiger partial charge in [0.1, 0.15) is 12.0 Å². The first-order chi connectivity index (χ1) is 8.61. The first kappa shape index (κ1) is 12.5. The molecule has 96 valence electrons. The number of benzene rings is 1. The van der Waals surface area contributed by atoms with Crippen LogP contribution in [0, 0.1) is 10.1 Å². The van der Waals surface area contributed by atoms with Crippen LogP contribution in [-0.2, 0) is 4.74 Å². The van der Waals surface area contributed by atoms with Crippen molar-refractivity contribution in [3.05, 3.63) is 33.9 Å². The van der Waals surface area contributed by atoms with Crippen molar-refractivity contribution in [3.63, 3.8) is 0 Å². The van der Waals surface area contributed by atoms with Crippen LogP contribution in [0.5, 0.6) is 0 Å². The molecule has 0 amide bonds. The second-order valence-corrected chi connectivity index (χ2v) is 4.25. The molecule has 0 N–H and O–H groups in total. The second-order valence-electron chi connectivity index (χ2n) is 4.25. The molecule has 1 aliphatic rings. The smallest absolute Gasteiger partial charge is 0.293 e. The number of rotatable bonds is 3. The van der Waals surface area contributed by atoms with Gasteiger partial charge in [-0.1, -0.05) is 0 Å². The summed E-state index contributed by atoms with van der Waals surface area (Å²) in [6, 6.07) is 4.53. The van der Waals surface area contributed by atoms with E-state index in [1.165, 1.54) is 6.07 Å². The average molecular weight is 250 g/mol. The Morgan fingerprint density at radius 3 is 2.94 bits per heavy atom. The van der Waals surface area contributed by atoms with Crippen molar-refractivity contribution in [3.8, 4) is 0 Å². The van der Waals surface area contributed by atoms with Crippen molar-refractivity contribution >= 4 is 17.7 Å². The maximum Gasteiger partial charge on any atom is 0.293 e. The van der Waals surface area contributed by atoms with E-state index in [0.29, 0.717) is 37.2 Å². The lowest BCUT2D eigenvalue weighted by Gasteiger charge is -2.32. The summed E-state index contributed by atoms with van der Waals surface area (Å²) in [6.45, 7) is 3.71. The van der Waals surface area contributed by atoms with Crippen LogP contribution in [-0.4, -0.2) is 37.0 Å². The first-order valence-corrected chi connectivity index (χ1v) is 5.72. The van der Waals surface area contributed by atoms with Gasteiger partial charge < -0.3 is 9.64 Å². The minimum absolute atomic E-state index is 0.0336. The third-order valence-electron chi connectivity index (χ3n) is 2.91. The Balaban J connectivity index is 2.36. The fourth-order valence-corrected chi connectivity index (χ4v) is 2.06. The number of carbonyl (C=O) groups excluding carboxylic acids is 1. The number of morpholine rings is 1. The third-order valence-corrected chi connectivity index (χ3v) is 2.91. The molecule has 18 heavy (non-hydrogen) atoms. The molecule has 0 aliphatic carbocycles. The van der Waals surface area contributed by atoms with Crippen LogP contribution in [0.1, 0.15) is 17.3 Å². The van der Waals surface area contributed by atoms with E-state index < -0.39 is 4.92 Å². The van der Waals surface area contributed by atoms with Crippen LogP contribution >= 0.6 is 0 Å². The van der Waals surface area contributed by atoms with Crippen molar-refractivity contribution in [2.45, 2.75) is 13.0 Å². The molecule has 1 atom stereocenters. The Kier molecular flexibility index (Phi) is 3.57. The molecule has 1 unspecified atom stereocenters. The zero-order valence-electron chi connectivity index (χ0n) is 10.0. The molecule has 1 aromatic rings. The lowest BCUT2D eigenvalue weighted by molar-refractivity contribution is -0.384. The SMILES string of the molecule is CC1CN(c2ccc(C=O)cc2[N+](=O)[O-])CCO1. The number of anilines is 1. The maximum atomic E-state index is 11.0. The van der Waals surface area contributed by atoms with E-state index in [-0.39, 0.29) is 11.8 Å². The predicted molar refractivity (Wildman–Crippen MR) is 66.1 cm³/mol. The zero-order valence-corrected chi connectivity index (χ0v) is 10.0. The third kappa shape index (κ3) is 2.48. The molecular formula is C12H14N2O4. The molecule has 1 heterocycles. The van der Waals surface area contributed by atoms with Gasteiger partial charge in [0.15, 0.2) is 0 Å². The van der Waals surface area contributed by atoms with Crippen molar-refractivity contribution < 1.29 is 14.5 Å². The molecule has 6 heteroatoms. The summed E-state index contributed by atoms with van der Waals surface area (Å²) in [6.07, 6.45) is 0.655. The number of hydrogen-bond acceptors (Lipinski definition) is 5. The largest absolute Gasteiger partial charge is 0.375 e. The van der Waals surface area contributed by atoms with Crippen molar-refractivity contribution in [2.24, 2.45) is 0 Å². The highest BCUT2D eigenvalue weighted by Gasteiger charge is 2.24. The molecule has 6 nitrogen and oxygen atoms in total. The van der Waals surface area contributed by atoms with Crippen molar-refractivity contribution in [1.82, 2.24) is 0 Å². The monoisotopic (exact) mass is 250 g/mol. The fourth-order valence-electron chi connectivity index (χ4n) is 2.06. The summed E-state index contributed by atoms with van der Waals surface area (Å²) in [5, 5.41) is 11.0. The molecule has 1 fully saturated rings. The molecule has 1 aromatic carbocycles. The van der Waals surface area contributed by atoms with E-state index in [4.69, 9.17) is 4.74 Å². The number of nitro benzene ring substituents is 1. The lowest BCUT2D eigenvalue weighted by Crippen LogP contribution is -2.41. The summed E-state index contributed by atoms with van der Waals surface area (Å²) >= 11 is 0. The number of carbonyl (C=O) groups is 1. The first-order valence-electron chi connectivity index (χ1n) is 5.72. The van der Waals surface area contributed by atoms with E-state index in [9.17, 15) is 14.9 Å². The van der Waals surface area contributed by atoms with E-state index in [1.807, 2.05) is 11.8 Å². The van der Waals surface area contributed by atoms with Gasteiger partial charge in [0, 0.05) is 24.7 Å². The van der Waals surface area contributed by atoms with Crippen LogP contribution in [0.25, 0.3) is 0 Å². The number of hydrogen-bond donors (Lipinski definition) is 0. The summed E-state index contributed by atoms with van der Waals surface area (Å²) in [5.41, 5.74) is 0.821. The Labute approximate surface area is 104 Å². The van der Waals surface area contributed by atoms with Gasteiger partial charge in [-0.05, 0) is 19.1 Å². The molecule has 1 aliphatic heterocycles. The van der Waals surface area contributed by atoms with Gasteiger partial charge in [-0.3, -0.25) is 14.9 Å². The quantitative estimate of drug-likeness (QED) is 0.463. The summed E-state index contributed by atoms with van der Waals surface area (Å²) < 4.78 is 5.41. The van der Waals surface area contributed by atoms with Crippen LogP contribution in [0.3, 0.4) is 0 Å². The number of ether oxygens (including phenoxy) is 1. The molecule has 0 radical (unpaired) electrons. The number of aldehydes is 1. The van der Waals surface area contributed by atoms with Crippen LogP contribution in [0.4, 0.5) is 11.4 Å². The minimum Gasteiger partial charge on any atom is -0.375 e. The maximum absolute atomic E-state index is 11.0. The summed E-state index contributed by atoms with van der Waals surface area (Å²) in [4.78, 5) is 23.2. The van der Waals surface area contributed by atoms with Crippen molar-refractivity contribution in [2.75, 3.05) is 24.6 Å². The average Bonchev–Trinajstić information content (AvgIpc) is 2.38. The Morgan fingerprint density at radius 2 is 2.33 bits per heavy atom. The molecule has 0 saturated carbocycles.